The summed E-state index contributed by atoms with van der Waals surface area (Å²) < 4.78 is 0. The Balaban J connectivity index is 1.65. The zero-order valence-corrected chi connectivity index (χ0v) is 12.2. The zero-order chi connectivity index (χ0) is 13.1. The summed E-state index contributed by atoms with van der Waals surface area (Å²) in [6.45, 7) is 0.856. The second-order valence-corrected chi connectivity index (χ2v) is 6.99. The molecular formula is C13H17N3OS2. The van der Waals surface area contributed by atoms with Crippen LogP contribution in [0.25, 0.3) is 11.0 Å². The lowest BCUT2D eigenvalue weighted by Crippen LogP contribution is -2.32. The number of rotatable bonds is 3. The maximum Gasteiger partial charge on any atom is 0.323 e. The molecule has 102 valence electrons. The first-order valence-electron chi connectivity index (χ1n) is 6.41. The lowest BCUT2D eigenvalue weighted by molar-refractivity contribution is 0.604. The maximum atomic E-state index is 11.2. The number of fused-ring (bicyclic) bond motifs is 1. The molecule has 6 heteroatoms. The normalized spacial score (nSPS) is 17.7. The number of aromatic amines is 2. The first-order chi connectivity index (χ1) is 9.31. The molecule has 4 nitrogen and oxygen atoms in total. The number of benzene rings is 1. The van der Waals surface area contributed by atoms with Gasteiger partial charge in [0, 0.05) is 35.6 Å². The van der Waals surface area contributed by atoms with E-state index >= 15 is 0 Å². The average Bonchev–Trinajstić information content (AvgIpc) is 2.62. The van der Waals surface area contributed by atoms with Crippen LogP contribution >= 0.6 is 23.5 Å². The fourth-order valence-corrected chi connectivity index (χ4v) is 4.65. The predicted octanol–water partition coefficient (Wildman–Crippen LogP) is 1.79. The molecule has 0 aliphatic carbocycles. The molecule has 1 aliphatic rings. The Morgan fingerprint density at radius 2 is 1.89 bits per heavy atom. The van der Waals surface area contributed by atoms with Gasteiger partial charge in [0.05, 0.1) is 11.0 Å². The molecule has 0 amide bonds. The van der Waals surface area contributed by atoms with Crippen LogP contribution in [0, 0.1) is 0 Å². The number of H-pyrrole nitrogens is 2. The highest BCUT2D eigenvalue weighted by atomic mass is 32.2. The van der Waals surface area contributed by atoms with Gasteiger partial charge in [0.25, 0.3) is 0 Å². The molecule has 3 rings (SSSR count). The molecule has 1 aromatic heterocycles. The number of hydrogen-bond donors (Lipinski definition) is 3. The lowest BCUT2D eigenvalue weighted by Gasteiger charge is -2.15. The second kappa shape index (κ2) is 6.07. The van der Waals surface area contributed by atoms with Crippen molar-refractivity contribution in [3.63, 3.8) is 0 Å². The Labute approximate surface area is 120 Å². The third kappa shape index (κ3) is 3.38. The fraction of sp³-hybridized carbons (Fsp3) is 0.462. The summed E-state index contributed by atoms with van der Waals surface area (Å²) in [6.07, 6.45) is 0. The van der Waals surface area contributed by atoms with Crippen molar-refractivity contribution in [2.75, 3.05) is 23.0 Å². The van der Waals surface area contributed by atoms with Gasteiger partial charge in [-0.05, 0) is 17.7 Å². The minimum atomic E-state index is -0.142. The van der Waals surface area contributed by atoms with Crippen molar-refractivity contribution < 1.29 is 0 Å². The average molecular weight is 295 g/mol. The number of aromatic nitrogens is 2. The maximum absolute atomic E-state index is 11.2. The van der Waals surface area contributed by atoms with Crippen LogP contribution in [0.15, 0.2) is 23.0 Å². The van der Waals surface area contributed by atoms with Gasteiger partial charge in [0.15, 0.2) is 0 Å². The van der Waals surface area contributed by atoms with Gasteiger partial charge < -0.3 is 15.3 Å². The van der Waals surface area contributed by atoms with Crippen molar-refractivity contribution in [3.8, 4) is 0 Å². The summed E-state index contributed by atoms with van der Waals surface area (Å²) in [5.74, 6) is 4.91. The number of thioether (sulfide) groups is 2. The van der Waals surface area contributed by atoms with E-state index in [1.54, 1.807) is 0 Å². The van der Waals surface area contributed by atoms with E-state index in [0.29, 0.717) is 6.04 Å². The van der Waals surface area contributed by atoms with Crippen molar-refractivity contribution in [1.29, 1.82) is 0 Å². The molecule has 1 aromatic carbocycles. The Kier molecular flexibility index (Phi) is 4.20. The molecule has 1 aliphatic heterocycles. The van der Waals surface area contributed by atoms with E-state index in [1.165, 1.54) is 28.6 Å². The molecule has 1 fully saturated rings. The largest absolute Gasteiger partial charge is 0.323 e. The molecule has 0 spiro atoms. The van der Waals surface area contributed by atoms with Crippen molar-refractivity contribution in [1.82, 2.24) is 15.3 Å². The molecule has 0 saturated carbocycles. The van der Waals surface area contributed by atoms with Gasteiger partial charge >= 0.3 is 5.69 Å². The molecule has 2 aromatic rings. The van der Waals surface area contributed by atoms with Crippen LogP contribution in [-0.2, 0) is 6.54 Å². The quantitative estimate of drug-likeness (QED) is 0.808. The monoisotopic (exact) mass is 295 g/mol. The first kappa shape index (κ1) is 13.1. The number of imidazole rings is 1. The van der Waals surface area contributed by atoms with Crippen LogP contribution in [0.3, 0.4) is 0 Å². The Bertz CT molecular complexity index is 599. The van der Waals surface area contributed by atoms with Gasteiger partial charge in [0.2, 0.25) is 0 Å². The number of hydrogen-bond acceptors (Lipinski definition) is 4. The molecule has 2 heterocycles. The van der Waals surface area contributed by atoms with Gasteiger partial charge in [0.1, 0.15) is 0 Å². The minimum Gasteiger partial charge on any atom is -0.308 e. The smallest absolute Gasteiger partial charge is 0.308 e. The Morgan fingerprint density at radius 1 is 1.16 bits per heavy atom. The molecular weight excluding hydrogens is 278 g/mol. The third-order valence-electron chi connectivity index (χ3n) is 3.19. The summed E-state index contributed by atoms with van der Waals surface area (Å²) in [6, 6.07) is 6.65. The summed E-state index contributed by atoms with van der Waals surface area (Å²) in [4.78, 5) is 16.8. The number of nitrogens with one attached hydrogen (secondary N) is 3. The van der Waals surface area contributed by atoms with Crippen molar-refractivity contribution >= 4 is 34.6 Å². The minimum absolute atomic E-state index is 0.142. The van der Waals surface area contributed by atoms with E-state index in [0.717, 1.165) is 17.6 Å². The molecule has 1 saturated heterocycles. The Hall–Kier alpha value is -0.850. The van der Waals surface area contributed by atoms with Crippen LogP contribution in [0.5, 0.6) is 0 Å². The van der Waals surface area contributed by atoms with E-state index in [-0.39, 0.29) is 5.69 Å². The topological polar surface area (TPSA) is 60.7 Å². The van der Waals surface area contributed by atoms with E-state index in [2.05, 4.69) is 21.4 Å². The van der Waals surface area contributed by atoms with E-state index in [9.17, 15) is 4.79 Å². The second-order valence-electron chi connectivity index (χ2n) is 4.69. The van der Waals surface area contributed by atoms with Crippen LogP contribution < -0.4 is 11.0 Å². The highest BCUT2D eigenvalue weighted by Crippen LogP contribution is 2.17. The molecule has 0 unspecified atom stereocenters. The molecule has 0 radical (unpaired) electrons. The summed E-state index contributed by atoms with van der Waals surface area (Å²) in [5.41, 5.74) is 2.82. The van der Waals surface area contributed by atoms with Gasteiger partial charge in [-0.3, -0.25) is 0 Å². The molecule has 0 bridgehead atoms. The molecule has 0 atom stereocenters. The van der Waals surface area contributed by atoms with Crippen molar-refractivity contribution in [2.24, 2.45) is 0 Å². The lowest BCUT2D eigenvalue weighted by atomic mass is 10.2. The van der Waals surface area contributed by atoms with E-state index in [4.69, 9.17) is 0 Å². The van der Waals surface area contributed by atoms with Crippen molar-refractivity contribution in [3.05, 3.63) is 34.2 Å². The van der Waals surface area contributed by atoms with Gasteiger partial charge in [-0.2, -0.15) is 23.5 Å². The predicted molar refractivity (Wildman–Crippen MR) is 84.2 cm³/mol. The van der Waals surface area contributed by atoms with Crippen LogP contribution in [-0.4, -0.2) is 39.0 Å². The Morgan fingerprint density at radius 3 is 2.68 bits per heavy atom. The van der Waals surface area contributed by atoms with E-state index in [1.807, 2.05) is 35.7 Å². The van der Waals surface area contributed by atoms with E-state index < -0.39 is 0 Å². The summed E-state index contributed by atoms with van der Waals surface area (Å²) in [7, 11) is 0. The van der Waals surface area contributed by atoms with Gasteiger partial charge in [-0.15, -0.1) is 0 Å². The summed E-state index contributed by atoms with van der Waals surface area (Å²) >= 11 is 4.06. The standard InChI is InChI=1S/C13H17N3OS2/c17-13-15-11-2-1-9(5-12(11)16-13)6-14-10-7-18-3-4-19-8-10/h1-2,5,10,14H,3-4,6-8H2,(H2,15,16,17). The third-order valence-corrected chi connectivity index (χ3v) is 5.71. The van der Waals surface area contributed by atoms with Crippen LogP contribution in [0.1, 0.15) is 5.56 Å². The highest BCUT2D eigenvalue weighted by molar-refractivity contribution is 8.03. The van der Waals surface area contributed by atoms with Crippen LogP contribution in [0.4, 0.5) is 0 Å². The van der Waals surface area contributed by atoms with Crippen molar-refractivity contribution in [2.45, 2.75) is 12.6 Å². The SMILES string of the molecule is O=c1[nH]c2ccc(CNC3CSCCSC3)cc2[nH]1. The highest BCUT2D eigenvalue weighted by Gasteiger charge is 2.12. The van der Waals surface area contributed by atoms with Crippen LogP contribution in [0.2, 0.25) is 0 Å². The summed E-state index contributed by atoms with van der Waals surface area (Å²) in [5, 5.41) is 3.61. The molecule has 19 heavy (non-hydrogen) atoms. The van der Waals surface area contributed by atoms with Gasteiger partial charge in [-0.25, -0.2) is 4.79 Å². The fourth-order valence-electron chi connectivity index (χ4n) is 2.19. The molecule has 3 N–H and O–H groups in total. The first-order valence-corrected chi connectivity index (χ1v) is 8.72. The van der Waals surface area contributed by atoms with Gasteiger partial charge in [-0.1, -0.05) is 6.07 Å². The zero-order valence-electron chi connectivity index (χ0n) is 10.6.